The molecule has 1 aliphatic rings. The molecule has 1 unspecified atom stereocenters. The van der Waals surface area contributed by atoms with Gasteiger partial charge in [-0.2, -0.15) is 0 Å². The molecule has 0 aromatic carbocycles. The maximum atomic E-state index is 12.1. The Kier molecular flexibility index (Phi) is 4.27. The van der Waals surface area contributed by atoms with Gasteiger partial charge in [-0.05, 0) is 40.0 Å². The van der Waals surface area contributed by atoms with Gasteiger partial charge in [0.05, 0.1) is 5.54 Å². The molecule has 0 heterocycles. The molecule has 0 bridgehead atoms. The van der Waals surface area contributed by atoms with Crippen molar-refractivity contribution in [3.05, 3.63) is 12.7 Å². The summed E-state index contributed by atoms with van der Waals surface area (Å²) in [4.78, 5) is 0. The van der Waals surface area contributed by atoms with E-state index < -0.39 is 11.4 Å². The van der Waals surface area contributed by atoms with Crippen LogP contribution in [0.25, 0.3) is 0 Å². The van der Waals surface area contributed by atoms with Gasteiger partial charge in [-0.25, -0.2) is 0 Å². The van der Waals surface area contributed by atoms with Crippen molar-refractivity contribution in [3.8, 4) is 0 Å². The van der Waals surface area contributed by atoms with Gasteiger partial charge in [0.15, 0.2) is 0 Å². The van der Waals surface area contributed by atoms with Crippen LogP contribution in [0.1, 0.15) is 52.9 Å². The third kappa shape index (κ3) is 3.51. The molecule has 1 N–H and O–H groups in total. The SMILES string of the molecule is C=CCC1(N[S+]([O-])C(C)(C)C)CCCC1. The molecule has 1 fully saturated rings. The average molecular weight is 229 g/mol. The average Bonchev–Trinajstić information content (AvgIpc) is 2.52. The van der Waals surface area contributed by atoms with Crippen molar-refractivity contribution in [2.24, 2.45) is 0 Å². The normalized spacial score (nSPS) is 22.7. The molecule has 0 aliphatic heterocycles. The summed E-state index contributed by atoms with van der Waals surface area (Å²) in [5, 5.41) is 0. The van der Waals surface area contributed by atoms with E-state index in [9.17, 15) is 4.55 Å². The molecule has 1 atom stereocenters. The van der Waals surface area contributed by atoms with Crippen molar-refractivity contribution in [2.45, 2.75) is 63.2 Å². The van der Waals surface area contributed by atoms with Crippen LogP contribution in [-0.4, -0.2) is 14.8 Å². The first-order valence-electron chi connectivity index (χ1n) is 5.70. The van der Waals surface area contributed by atoms with Crippen LogP contribution < -0.4 is 4.72 Å². The van der Waals surface area contributed by atoms with E-state index >= 15 is 0 Å². The second-order valence-electron chi connectivity index (χ2n) is 5.46. The van der Waals surface area contributed by atoms with Gasteiger partial charge in [-0.15, -0.1) is 11.3 Å². The second-order valence-corrected chi connectivity index (χ2v) is 7.43. The third-order valence-electron chi connectivity index (χ3n) is 2.96. The fourth-order valence-corrected chi connectivity index (χ4v) is 3.01. The van der Waals surface area contributed by atoms with E-state index in [0.29, 0.717) is 0 Å². The summed E-state index contributed by atoms with van der Waals surface area (Å²) in [5.74, 6) is 0. The van der Waals surface area contributed by atoms with Gasteiger partial charge in [0.2, 0.25) is 0 Å². The predicted octanol–water partition coefficient (Wildman–Crippen LogP) is 2.93. The minimum Gasteiger partial charge on any atom is -0.598 e. The molecule has 0 radical (unpaired) electrons. The molecule has 0 spiro atoms. The lowest BCUT2D eigenvalue weighted by Gasteiger charge is -2.34. The van der Waals surface area contributed by atoms with Crippen LogP contribution in [0.15, 0.2) is 12.7 Å². The van der Waals surface area contributed by atoms with Crippen molar-refractivity contribution in [3.63, 3.8) is 0 Å². The smallest absolute Gasteiger partial charge is 0.136 e. The minimum absolute atomic E-state index is 0.0554. The number of nitrogens with one attached hydrogen (secondary N) is 1. The molecule has 0 aromatic rings. The standard InChI is InChI=1S/C12H23NOS/c1-5-8-12(9-6-7-10-12)13-15(14)11(2,3)4/h5,13H,1,6-10H2,2-4H3. The van der Waals surface area contributed by atoms with Gasteiger partial charge in [0.1, 0.15) is 4.75 Å². The van der Waals surface area contributed by atoms with Crippen molar-refractivity contribution < 1.29 is 4.55 Å². The molecule has 0 saturated heterocycles. The first-order valence-corrected chi connectivity index (χ1v) is 6.85. The lowest BCUT2D eigenvalue weighted by Crippen LogP contribution is -2.51. The minimum atomic E-state index is -0.966. The summed E-state index contributed by atoms with van der Waals surface area (Å²) >= 11 is -0.966. The zero-order chi connectivity index (χ0) is 11.5. The Labute approximate surface area is 96.8 Å². The van der Waals surface area contributed by atoms with Crippen molar-refractivity contribution in [2.75, 3.05) is 0 Å². The summed E-state index contributed by atoms with van der Waals surface area (Å²) in [5.41, 5.74) is 0.0554. The second kappa shape index (κ2) is 4.89. The van der Waals surface area contributed by atoms with E-state index in [2.05, 4.69) is 11.3 Å². The van der Waals surface area contributed by atoms with Crippen LogP contribution >= 0.6 is 0 Å². The highest BCUT2D eigenvalue weighted by molar-refractivity contribution is 7.90. The largest absolute Gasteiger partial charge is 0.598 e. The van der Waals surface area contributed by atoms with Gasteiger partial charge in [-0.3, -0.25) is 0 Å². The van der Waals surface area contributed by atoms with Gasteiger partial charge in [-0.1, -0.05) is 18.9 Å². The topological polar surface area (TPSA) is 35.1 Å². The monoisotopic (exact) mass is 229 g/mol. The zero-order valence-electron chi connectivity index (χ0n) is 10.1. The van der Waals surface area contributed by atoms with Crippen LogP contribution in [-0.2, 0) is 11.4 Å². The van der Waals surface area contributed by atoms with Gasteiger partial charge in [0.25, 0.3) is 0 Å². The maximum absolute atomic E-state index is 12.1. The summed E-state index contributed by atoms with van der Waals surface area (Å²) in [7, 11) is 0. The molecule has 1 saturated carbocycles. The van der Waals surface area contributed by atoms with Gasteiger partial charge < -0.3 is 4.55 Å². The Morgan fingerprint density at radius 3 is 2.33 bits per heavy atom. The Bertz CT molecular complexity index is 216. The van der Waals surface area contributed by atoms with Crippen LogP contribution in [0.5, 0.6) is 0 Å². The Hall–Kier alpha value is 0.01000. The Morgan fingerprint density at radius 2 is 1.93 bits per heavy atom. The van der Waals surface area contributed by atoms with Crippen molar-refractivity contribution in [1.29, 1.82) is 0 Å². The molecular formula is C12H23NOS. The molecule has 15 heavy (non-hydrogen) atoms. The quantitative estimate of drug-likeness (QED) is 0.594. The van der Waals surface area contributed by atoms with Crippen molar-refractivity contribution >= 4 is 11.4 Å². The number of hydrogen-bond donors (Lipinski definition) is 1. The van der Waals surface area contributed by atoms with E-state index in [1.807, 2.05) is 26.8 Å². The van der Waals surface area contributed by atoms with Gasteiger partial charge in [0, 0.05) is 11.4 Å². The highest BCUT2D eigenvalue weighted by Crippen LogP contribution is 2.34. The molecule has 88 valence electrons. The third-order valence-corrected chi connectivity index (χ3v) is 4.69. The first-order chi connectivity index (χ1) is 6.90. The van der Waals surface area contributed by atoms with Gasteiger partial charge >= 0.3 is 0 Å². The zero-order valence-corrected chi connectivity index (χ0v) is 11.0. The van der Waals surface area contributed by atoms with Crippen molar-refractivity contribution in [1.82, 2.24) is 4.72 Å². The van der Waals surface area contributed by atoms with E-state index in [-0.39, 0.29) is 10.3 Å². The highest BCUT2D eigenvalue weighted by atomic mass is 32.2. The fraction of sp³-hybridized carbons (Fsp3) is 0.833. The molecular weight excluding hydrogens is 206 g/mol. The van der Waals surface area contributed by atoms with Crippen LogP contribution in [0.3, 0.4) is 0 Å². The molecule has 3 heteroatoms. The van der Waals surface area contributed by atoms with Crippen LogP contribution in [0.2, 0.25) is 0 Å². The summed E-state index contributed by atoms with van der Waals surface area (Å²) < 4.78 is 15.2. The highest BCUT2D eigenvalue weighted by Gasteiger charge is 2.40. The lowest BCUT2D eigenvalue weighted by atomic mass is 9.95. The Balaban J connectivity index is 2.62. The van der Waals surface area contributed by atoms with E-state index in [4.69, 9.17) is 0 Å². The van der Waals surface area contributed by atoms with E-state index in [0.717, 1.165) is 19.3 Å². The molecule has 1 aliphatic carbocycles. The number of rotatable bonds is 4. The fourth-order valence-electron chi connectivity index (χ4n) is 2.03. The molecule has 1 rings (SSSR count). The summed E-state index contributed by atoms with van der Waals surface area (Å²) in [6, 6.07) is 0. The Morgan fingerprint density at radius 1 is 1.40 bits per heavy atom. The molecule has 0 aromatic heterocycles. The van der Waals surface area contributed by atoms with E-state index in [1.54, 1.807) is 0 Å². The van der Waals surface area contributed by atoms with Crippen LogP contribution in [0, 0.1) is 0 Å². The summed E-state index contributed by atoms with van der Waals surface area (Å²) in [6.07, 6.45) is 7.60. The molecule has 0 amide bonds. The van der Waals surface area contributed by atoms with E-state index in [1.165, 1.54) is 12.8 Å². The maximum Gasteiger partial charge on any atom is 0.136 e. The first kappa shape index (κ1) is 13.1. The number of hydrogen-bond acceptors (Lipinski definition) is 2. The van der Waals surface area contributed by atoms with Crippen LogP contribution in [0.4, 0.5) is 0 Å². The summed E-state index contributed by atoms with van der Waals surface area (Å²) in [6.45, 7) is 9.82. The predicted molar refractivity (Wildman–Crippen MR) is 67.0 cm³/mol. The lowest BCUT2D eigenvalue weighted by molar-refractivity contribution is 0.387. The molecule has 2 nitrogen and oxygen atoms in total.